The van der Waals surface area contributed by atoms with Gasteiger partial charge in [0.1, 0.15) is 0 Å². The molecule has 0 radical (unpaired) electrons. The molecule has 24 heavy (non-hydrogen) atoms. The smallest absolute Gasteiger partial charge is 0.311 e. The zero-order chi connectivity index (χ0) is 18.7. The van der Waals surface area contributed by atoms with Gasteiger partial charge in [-0.25, -0.2) is 0 Å². The highest BCUT2D eigenvalue weighted by Crippen LogP contribution is 2.38. The molecule has 3 heteroatoms. The largest absolute Gasteiger partial charge is 0.465 e. The van der Waals surface area contributed by atoms with Crippen LogP contribution in [0.2, 0.25) is 0 Å². The summed E-state index contributed by atoms with van der Waals surface area (Å²) in [7, 11) is 0. The summed E-state index contributed by atoms with van der Waals surface area (Å²) in [5.74, 6) is -0.127. The first-order valence-electron chi connectivity index (χ1n) is 8.79. The molecule has 0 aromatic carbocycles. The van der Waals surface area contributed by atoms with Gasteiger partial charge in [-0.05, 0) is 58.3 Å². The second-order valence-corrected chi connectivity index (χ2v) is 10.7. The van der Waals surface area contributed by atoms with Gasteiger partial charge in [-0.2, -0.15) is 0 Å². The molecule has 0 aromatic heterocycles. The van der Waals surface area contributed by atoms with Gasteiger partial charge in [-0.1, -0.05) is 49.0 Å². The highest BCUT2D eigenvalue weighted by molar-refractivity contribution is 5.75. The van der Waals surface area contributed by atoms with E-state index in [-0.39, 0.29) is 29.8 Å². The molecule has 0 aliphatic carbocycles. The van der Waals surface area contributed by atoms with Gasteiger partial charge >= 0.3 is 5.97 Å². The van der Waals surface area contributed by atoms with Crippen molar-refractivity contribution < 1.29 is 14.3 Å². The molecule has 3 nitrogen and oxygen atoms in total. The van der Waals surface area contributed by atoms with E-state index in [2.05, 4.69) is 34.6 Å². The van der Waals surface area contributed by atoms with E-state index >= 15 is 0 Å². The Labute approximate surface area is 151 Å². The monoisotopic (exact) mass is 344 g/mol. The van der Waals surface area contributed by atoms with Crippen LogP contribution in [0.5, 0.6) is 0 Å². The lowest BCUT2D eigenvalue weighted by Crippen LogP contribution is -2.29. The molecule has 1 aliphatic rings. The Morgan fingerprint density at radius 2 is 1.50 bits per heavy atom. The molecule has 0 bridgehead atoms. The molecule has 0 spiro atoms. The van der Waals surface area contributed by atoms with E-state index in [0.29, 0.717) is 18.1 Å². The molecule has 1 heterocycles. The van der Waals surface area contributed by atoms with Gasteiger partial charge in [-0.15, -0.1) is 0 Å². The maximum atomic E-state index is 11.3. The quantitative estimate of drug-likeness (QED) is 0.527. The second kappa shape index (κ2) is 8.69. The maximum absolute atomic E-state index is 11.3. The van der Waals surface area contributed by atoms with Gasteiger partial charge < -0.3 is 9.47 Å². The number of rotatable bonds is 1. The normalized spacial score (nSPS) is 20.5. The van der Waals surface area contributed by atoms with Crippen molar-refractivity contribution in [1.29, 1.82) is 0 Å². The predicted molar refractivity (Wildman–Crippen MR) is 104 cm³/mol. The number of esters is 1. The molecule has 1 atom stereocenters. The Balaban J connectivity index is 0. The first-order valence-corrected chi connectivity index (χ1v) is 8.79. The Morgan fingerprint density at radius 1 is 1.04 bits per heavy atom. The van der Waals surface area contributed by atoms with Crippen molar-refractivity contribution in [3.8, 4) is 0 Å². The highest BCUT2D eigenvalue weighted by atomic mass is 16.5. The van der Waals surface area contributed by atoms with E-state index in [0.717, 1.165) is 0 Å². The molecular weight excluding hydrogens is 300 g/mol. The van der Waals surface area contributed by atoms with Crippen molar-refractivity contribution in [2.24, 2.45) is 16.2 Å². The van der Waals surface area contributed by atoms with Crippen molar-refractivity contribution in [2.75, 3.05) is 6.61 Å². The van der Waals surface area contributed by atoms with Gasteiger partial charge in [0.15, 0.2) is 0 Å². The summed E-state index contributed by atoms with van der Waals surface area (Å²) in [6, 6.07) is 0. The summed E-state index contributed by atoms with van der Waals surface area (Å²) in [5.41, 5.74) is 0.109. The van der Waals surface area contributed by atoms with E-state index in [9.17, 15) is 4.79 Å². The van der Waals surface area contributed by atoms with Crippen LogP contribution in [0, 0.1) is 16.2 Å². The molecule has 1 unspecified atom stereocenters. The summed E-state index contributed by atoms with van der Waals surface area (Å²) >= 11 is 0. The lowest BCUT2D eigenvalue weighted by Gasteiger charge is -2.29. The minimum atomic E-state index is -0.384. The molecular formula is C21H44O3. The van der Waals surface area contributed by atoms with Crippen molar-refractivity contribution in [3.63, 3.8) is 0 Å². The van der Waals surface area contributed by atoms with Crippen molar-refractivity contribution in [3.05, 3.63) is 0 Å². The molecule has 0 amide bonds. The summed E-state index contributed by atoms with van der Waals surface area (Å²) in [4.78, 5) is 11.3. The average Bonchev–Trinajstić information content (AvgIpc) is 2.65. The van der Waals surface area contributed by atoms with Gasteiger partial charge in [-0.3, -0.25) is 4.79 Å². The van der Waals surface area contributed by atoms with Crippen LogP contribution in [0.1, 0.15) is 96.4 Å². The topological polar surface area (TPSA) is 35.5 Å². The van der Waals surface area contributed by atoms with Gasteiger partial charge in [0.25, 0.3) is 0 Å². The molecule has 1 rings (SSSR count). The average molecular weight is 345 g/mol. The van der Waals surface area contributed by atoms with Gasteiger partial charge in [0, 0.05) is 0 Å². The van der Waals surface area contributed by atoms with Crippen molar-refractivity contribution >= 4 is 5.97 Å². The molecule has 1 saturated heterocycles. The Kier molecular flexibility index (Phi) is 9.29. The number of ether oxygens (including phenoxy) is 2. The Morgan fingerprint density at radius 3 is 1.71 bits per heavy atom. The predicted octanol–water partition coefficient (Wildman–Crippen LogP) is 6.25. The standard InChI is InChI=1S/C10H20O2.C10H20O.CH4/c1-9(2,3)7-12-8(11)10(4,5)6;1-9(2,3)8-6-7-10(4,5)11-8;/h7H2,1-6H3;8H,6-7H2,1-5H3;1H4. The van der Waals surface area contributed by atoms with E-state index in [4.69, 9.17) is 9.47 Å². The third-order valence-electron chi connectivity index (χ3n) is 3.68. The van der Waals surface area contributed by atoms with Crippen LogP contribution < -0.4 is 0 Å². The summed E-state index contributed by atoms with van der Waals surface area (Å²) in [5, 5.41) is 0. The van der Waals surface area contributed by atoms with Crippen LogP contribution in [0.25, 0.3) is 0 Å². The van der Waals surface area contributed by atoms with E-state index in [1.807, 2.05) is 41.5 Å². The van der Waals surface area contributed by atoms with Crippen LogP contribution in [0.3, 0.4) is 0 Å². The Bertz CT molecular complexity index is 375. The van der Waals surface area contributed by atoms with E-state index in [1.54, 1.807) is 0 Å². The third-order valence-corrected chi connectivity index (χ3v) is 3.68. The molecule has 0 aromatic rings. The summed E-state index contributed by atoms with van der Waals surface area (Å²) in [6.07, 6.45) is 2.88. The van der Waals surface area contributed by atoms with E-state index < -0.39 is 0 Å². The lowest BCUT2D eigenvalue weighted by molar-refractivity contribution is -0.155. The van der Waals surface area contributed by atoms with Crippen LogP contribution in [0.4, 0.5) is 0 Å². The number of hydrogen-bond donors (Lipinski definition) is 0. The fraction of sp³-hybridized carbons (Fsp3) is 0.952. The zero-order valence-electron chi connectivity index (χ0n) is 17.4. The molecule has 146 valence electrons. The Hall–Kier alpha value is -0.570. The molecule has 0 saturated carbocycles. The van der Waals surface area contributed by atoms with Crippen LogP contribution >= 0.6 is 0 Å². The first-order chi connectivity index (χ1) is 9.94. The minimum Gasteiger partial charge on any atom is -0.465 e. The van der Waals surface area contributed by atoms with Crippen LogP contribution in [0.15, 0.2) is 0 Å². The fourth-order valence-electron chi connectivity index (χ4n) is 2.09. The summed E-state index contributed by atoms with van der Waals surface area (Å²) in [6.45, 7) is 23.3. The molecule has 1 fully saturated rings. The minimum absolute atomic E-state index is 0. The molecule has 1 aliphatic heterocycles. The number of carbonyl (C=O) groups excluding carboxylic acids is 1. The van der Waals surface area contributed by atoms with Gasteiger partial charge in [0.05, 0.1) is 23.7 Å². The zero-order valence-corrected chi connectivity index (χ0v) is 17.4. The maximum Gasteiger partial charge on any atom is 0.311 e. The highest BCUT2D eigenvalue weighted by Gasteiger charge is 2.37. The van der Waals surface area contributed by atoms with Gasteiger partial charge in [0.2, 0.25) is 0 Å². The SMILES string of the molecule is C.CC(C)(C)COC(=O)C(C)(C)C.CC1(C)CCC(C(C)(C)C)O1. The third kappa shape index (κ3) is 11.1. The van der Waals surface area contributed by atoms with Crippen molar-refractivity contribution in [1.82, 2.24) is 0 Å². The second-order valence-electron chi connectivity index (χ2n) is 10.7. The van der Waals surface area contributed by atoms with E-state index in [1.165, 1.54) is 12.8 Å². The first kappa shape index (κ1) is 25.7. The fourth-order valence-corrected chi connectivity index (χ4v) is 2.09. The van der Waals surface area contributed by atoms with Crippen molar-refractivity contribution in [2.45, 2.75) is 108 Å². The van der Waals surface area contributed by atoms with Crippen LogP contribution in [-0.2, 0) is 14.3 Å². The summed E-state index contributed by atoms with van der Waals surface area (Å²) < 4.78 is 11.0. The number of carbonyl (C=O) groups is 1. The number of hydrogen-bond acceptors (Lipinski definition) is 3. The molecule has 0 N–H and O–H groups in total. The lowest BCUT2D eigenvalue weighted by atomic mass is 9.87. The van der Waals surface area contributed by atoms with Crippen LogP contribution in [-0.4, -0.2) is 24.3 Å².